The number of rotatable bonds is 22. The zero-order chi connectivity index (χ0) is 54.0. The first-order chi connectivity index (χ1) is 36.3. The molecule has 0 radical (unpaired) electrons. The van der Waals surface area contributed by atoms with Crippen molar-refractivity contribution in [2.45, 2.75) is 117 Å². The van der Waals surface area contributed by atoms with Gasteiger partial charge in [-0.25, -0.2) is 18.7 Å². The van der Waals surface area contributed by atoms with E-state index in [4.69, 9.17) is 0 Å². The van der Waals surface area contributed by atoms with Gasteiger partial charge in [0.05, 0.1) is 24.3 Å². The van der Waals surface area contributed by atoms with Gasteiger partial charge >= 0.3 is 0 Å². The summed E-state index contributed by atoms with van der Waals surface area (Å²) < 4.78 is 31.2. The molecule has 8 rings (SSSR count). The lowest BCUT2D eigenvalue weighted by Gasteiger charge is -2.48. The number of likely N-dealkylation sites (tertiary alicyclic amines) is 3. The topological polar surface area (TPSA) is 191 Å². The number of halogens is 2. The predicted molar refractivity (Wildman–Crippen MR) is 292 cm³/mol. The number of benzene rings is 2. The largest absolute Gasteiger partial charge is 0.383 e. The zero-order valence-corrected chi connectivity index (χ0v) is 45.6. The Hall–Kier alpha value is -5.50. The van der Waals surface area contributed by atoms with E-state index in [9.17, 15) is 24.3 Å². The minimum Gasteiger partial charge on any atom is -0.383 e. The average molecular weight is 1060 g/mol. The quantitative estimate of drug-likeness (QED) is 0.0770. The number of hydrogen-bond donors (Lipinski definition) is 6. The van der Waals surface area contributed by atoms with Crippen LogP contribution >= 0.6 is 0 Å². The number of aromatic nitrogens is 2. The first-order valence-corrected chi connectivity index (χ1v) is 27.9. The molecule has 416 valence electrons. The van der Waals surface area contributed by atoms with Gasteiger partial charge in [0.15, 0.2) is 0 Å². The average Bonchev–Trinajstić information content (AvgIpc) is 3.99. The molecule has 0 unspecified atom stereocenters. The summed E-state index contributed by atoms with van der Waals surface area (Å²) in [5.74, 6) is -0.631. The molecule has 2 spiro atoms. The summed E-state index contributed by atoms with van der Waals surface area (Å²) in [6, 6.07) is 13.5. The molecule has 6 heterocycles. The number of hydrogen-bond acceptors (Lipinski definition) is 13. The fourth-order valence-electron chi connectivity index (χ4n) is 12.0. The number of carbonyl (C=O) groups is 4. The van der Waals surface area contributed by atoms with Gasteiger partial charge in [0.2, 0.25) is 23.6 Å². The van der Waals surface area contributed by atoms with Crippen LogP contribution in [0.4, 0.5) is 26.1 Å². The molecule has 19 heteroatoms. The first kappa shape index (κ1) is 56.7. The second-order valence-corrected chi connectivity index (χ2v) is 24.0. The molecular weight excluding hydrogens is 971 g/mol. The summed E-state index contributed by atoms with van der Waals surface area (Å²) in [7, 11) is 0. The summed E-state index contributed by atoms with van der Waals surface area (Å²) in [6.07, 6.45) is 7.34. The predicted octanol–water partition coefficient (Wildman–Crippen LogP) is 4.56. The third-order valence-electron chi connectivity index (χ3n) is 16.6. The molecule has 0 saturated carbocycles. The van der Waals surface area contributed by atoms with Crippen molar-refractivity contribution >= 4 is 41.0 Å². The first-order valence-electron chi connectivity index (χ1n) is 27.9. The lowest BCUT2D eigenvalue weighted by Crippen LogP contribution is -2.66. The van der Waals surface area contributed by atoms with E-state index >= 15 is 8.78 Å². The van der Waals surface area contributed by atoms with Crippen LogP contribution in [0.5, 0.6) is 0 Å². The molecule has 5 saturated heterocycles. The SMILES string of the molecule is CC(C)C[C@H](NC(=O)[C@@H](O)[C@H](C)Cc1ccccc1)C(=O)NCCN1CC[C@]2(CCN(CC(=O)NCCCNc3cc(N4CCC5(CC4)CN(c4cc(F)c(CN6CCC(C)(C)CC6)cc4F)CC(=O)N5)ncn3)C2)C1. The molecule has 3 aromatic rings. The highest BCUT2D eigenvalue weighted by Crippen LogP contribution is 2.39. The van der Waals surface area contributed by atoms with Crippen LogP contribution in [0.2, 0.25) is 0 Å². The van der Waals surface area contributed by atoms with E-state index in [2.05, 4.69) is 70.0 Å². The van der Waals surface area contributed by atoms with Crippen LogP contribution in [-0.4, -0.2) is 169 Å². The molecule has 5 fully saturated rings. The maximum atomic E-state index is 15.7. The van der Waals surface area contributed by atoms with Gasteiger partial charge in [0.1, 0.15) is 41.7 Å². The van der Waals surface area contributed by atoms with E-state index in [1.807, 2.05) is 57.2 Å². The van der Waals surface area contributed by atoms with Crippen molar-refractivity contribution in [3.05, 3.63) is 77.6 Å². The van der Waals surface area contributed by atoms with Gasteiger partial charge in [-0.3, -0.25) is 29.0 Å². The van der Waals surface area contributed by atoms with Crippen LogP contribution in [0.15, 0.2) is 54.9 Å². The molecule has 17 nitrogen and oxygen atoms in total. The van der Waals surface area contributed by atoms with Gasteiger partial charge in [0, 0.05) is 83.1 Å². The summed E-state index contributed by atoms with van der Waals surface area (Å²) in [4.78, 5) is 72.2. The molecule has 2 aromatic carbocycles. The number of nitrogens with zero attached hydrogens (tertiary/aromatic N) is 7. The molecule has 4 amide bonds. The minimum absolute atomic E-state index is 0.00282. The Morgan fingerprint density at radius 1 is 0.776 bits per heavy atom. The second-order valence-electron chi connectivity index (χ2n) is 24.0. The van der Waals surface area contributed by atoms with Crippen molar-refractivity contribution in [1.82, 2.24) is 45.9 Å². The lowest BCUT2D eigenvalue weighted by atomic mass is 9.82. The Bertz CT molecular complexity index is 2450. The van der Waals surface area contributed by atoms with E-state index in [0.29, 0.717) is 102 Å². The highest BCUT2D eigenvalue weighted by atomic mass is 19.1. The molecule has 0 bridgehead atoms. The van der Waals surface area contributed by atoms with Gasteiger partial charge in [-0.15, -0.1) is 0 Å². The van der Waals surface area contributed by atoms with Crippen molar-refractivity contribution in [3.63, 3.8) is 0 Å². The van der Waals surface area contributed by atoms with Crippen molar-refractivity contribution in [1.29, 1.82) is 0 Å². The summed E-state index contributed by atoms with van der Waals surface area (Å²) in [5, 5.41) is 26.3. The van der Waals surface area contributed by atoms with E-state index < -0.39 is 35.2 Å². The number of carbonyl (C=O) groups excluding carboxylic acids is 4. The number of amides is 4. The zero-order valence-electron chi connectivity index (χ0n) is 45.6. The summed E-state index contributed by atoms with van der Waals surface area (Å²) in [5.41, 5.74) is 1.31. The number of aliphatic hydroxyl groups excluding tert-OH is 1. The standard InChI is InChI=1S/C57H84F2N12O5/c1-40(2)28-46(65-54(76)52(74)41(3)29-42-10-7-6-8-11-42)53(75)62-20-27-68-23-14-56(36-68)15-24-69(37-56)34-50(72)61-19-9-18-60-48-32-49(64-39-63-48)70-25-16-57(17-26-70)38-71(35-51(73)66-57)47-31-44(58)43(30-45(47)59)33-67-21-12-55(4,5)13-22-67/h6-8,10-11,30-32,39-41,46,52,74H,9,12-29,33-38H2,1-5H3,(H,61,72)(H,62,75)(H,65,76)(H,66,73)(H,60,63,64)/t41-,46+,52+,56+/m1/s1. The number of anilines is 3. The van der Waals surface area contributed by atoms with Gasteiger partial charge in [-0.1, -0.05) is 65.0 Å². The Labute approximate surface area is 448 Å². The third kappa shape index (κ3) is 15.4. The van der Waals surface area contributed by atoms with Crippen molar-refractivity contribution < 1.29 is 33.1 Å². The Kier molecular flexibility index (Phi) is 18.9. The van der Waals surface area contributed by atoms with Crippen LogP contribution in [0.1, 0.15) is 97.1 Å². The van der Waals surface area contributed by atoms with Crippen LogP contribution < -0.4 is 36.4 Å². The Morgan fingerprint density at radius 3 is 2.22 bits per heavy atom. The Morgan fingerprint density at radius 2 is 1.49 bits per heavy atom. The molecule has 6 N–H and O–H groups in total. The molecule has 0 aliphatic carbocycles. The normalized spacial score (nSPS) is 22.1. The van der Waals surface area contributed by atoms with Gasteiger partial charge in [0.25, 0.3) is 0 Å². The van der Waals surface area contributed by atoms with E-state index in [1.54, 1.807) is 4.90 Å². The fraction of sp³-hybridized carbons (Fsp3) is 0.649. The number of nitrogens with one attached hydrogen (secondary N) is 5. The molecular formula is C57H84F2N12O5. The van der Waals surface area contributed by atoms with Crippen LogP contribution in [0, 0.1) is 34.3 Å². The summed E-state index contributed by atoms with van der Waals surface area (Å²) in [6.45, 7) is 20.2. The third-order valence-corrected chi connectivity index (χ3v) is 16.6. The van der Waals surface area contributed by atoms with Crippen LogP contribution in [0.25, 0.3) is 0 Å². The maximum absolute atomic E-state index is 15.7. The number of piperazine rings is 1. The van der Waals surface area contributed by atoms with E-state index in [0.717, 1.165) is 76.3 Å². The van der Waals surface area contributed by atoms with Crippen molar-refractivity contribution in [3.8, 4) is 0 Å². The van der Waals surface area contributed by atoms with E-state index in [-0.39, 0.29) is 52.6 Å². The molecule has 5 aliphatic rings. The van der Waals surface area contributed by atoms with E-state index in [1.165, 1.54) is 18.5 Å². The van der Waals surface area contributed by atoms with Gasteiger partial charge in [-0.05, 0) is 118 Å². The molecule has 4 atom stereocenters. The monoisotopic (exact) mass is 1050 g/mol. The highest BCUT2D eigenvalue weighted by Gasteiger charge is 2.44. The Balaban J connectivity index is 0.705. The maximum Gasteiger partial charge on any atom is 0.249 e. The lowest BCUT2D eigenvalue weighted by molar-refractivity contribution is -0.136. The van der Waals surface area contributed by atoms with Crippen LogP contribution in [-0.2, 0) is 32.1 Å². The van der Waals surface area contributed by atoms with Crippen LogP contribution in [0.3, 0.4) is 0 Å². The number of piperidine rings is 2. The number of aliphatic hydroxyl groups is 1. The smallest absolute Gasteiger partial charge is 0.249 e. The molecule has 1 aromatic heterocycles. The summed E-state index contributed by atoms with van der Waals surface area (Å²) >= 11 is 0. The second kappa shape index (κ2) is 25.3. The highest BCUT2D eigenvalue weighted by molar-refractivity contribution is 5.89. The molecule has 5 aliphatic heterocycles. The van der Waals surface area contributed by atoms with Crippen molar-refractivity contribution in [2.75, 3.05) is 113 Å². The fourth-order valence-corrected chi connectivity index (χ4v) is 12.0. The van der Waals surface area contributed by atoms with Gasteiger partial charge < -0.3 is 46.4 Å². The minimum atomic E-state index is -1.23. The van der Waals surface area contributed by atoms with Crippen molar-refractivity contribution in [2.24, 2.45) is 22.7 Å². The molecule has 76 heavy (non-hydrogen) atoms. The van der Waals surface area contributed by atoms with Gasteiger partial charge in [-0.2, -0.15) is 0 Å².